The van der Waals surface area contributed by atoms with Crippen LogP contribution in [0.1, 0.15) is 25.8 Å². The lowest BCUT2D eigenvalue weighted by Crippen LogP contribution is -2.52. The zero-order valence-electron chi connectivity index (χ0n) is 11.3. The van der Waals surface area contributed by atoms with Gasteiger partial charge in [-0.1, -0.05) is 30.7 Å². The highest BCUT2D eigenvalue weighted by Crippen LogP contribution is 2.22. The Kier molecular flexibility index (Phi) is 4.66. The van der Waals surface area contributed by atoms with E-state index in [0.29, 0.717) is 18.0 Å². The number of piperidine rings is 1. The topological polar surface area (TPSA) is 29.3 Å². The van der Waals surface area contributed by atoms with E-state index in [0.717, 1.165) is 31.0 Å². The number of benzene rings is 1. The average Bonchev–Trinajstić information content (AvgIpc) is 2.37. The third kappa shape index (κ3) is 3.25. The molecule has 2 N–H and O–H groups in total. The van der Waals surface area contributed by atoms with Crippen molar-refractivity contribution in [3.8, 4) is 0 Å². The van der Waals surface area contributed by atoms with E-state index in [1.165, 1.54) is 5.56 Å². The molecule has 1 aliphatic rings. The van der Waals surface area contributed by atoms with Crippen LogP contribution in [0.3, 0.4) is 0 Å². The Labute approximate surface area is 115 Å². The van der Waals surface area contributed by atoms with Crippen molar-refractivity contribution in [2.45, 2.75) is 38.8 Å². The second kappa shape index (κ2) is 6.05. The quantitative estimate of drug-likeness (QED) is 0.912. The summed E-state index contributed by atoms with van der Waals surface area (Å²) in [6, 6.07) is 9.12. The molecule has 18 heavy (non-hydrogen) atoms. The summed E-state index contributed by atoms with van der Waals surface area (Å²) in [5.74, 6) is 0.587. The van der Waals surface area contributed by atoms with Gasteiger partial charge in [0.25, 0.3) is 0 Å². The molecule has 0 bridgehead atoms. The Hall–Kier alpha value is -0.570. The molecule has 0 radical (unpaired) electrons. The summed E-state index contributed by atoms with van der Waals surface area (Å²) in [4.78, 5) is 2.56. The maximum Gasteiger partial charge on any atom is 0.0406 e. The summed E-state index contributed by atoms with van der Waals surface area (Å²) in [6.45, 7) is 6.80. The van der Waals surface area contributed by atoms with Crippen LogP contribution in [0.15, 0.2) is 24.3 Å². The van der Waals surface area contributed by atoms with Gasteiger partial charge in [0.1, 0.15) is 0 Å². The summed E-state index contributed by atoms with van der Waals surface area (Å²) in [5.41, 5.74) is 7.47. The third-order valence-corrected chi connectivity index (χ3v) is 4.61. The van der Waals surface area contributed by atoms with E-state index in [1.807, 2.05) is 12.1 Å². The molecule has 1 fully saturated rings. The molecular formula is C15H23ClN2. The standard InChI is InChI=1S/C15H23ClN2/c1-11-12(2)18(10-8-15(11)17)9-7-13-3-5-14(16)6-4-13/h3-6,11-12,15H,7-10,17H2,1-2H3. The van der Waals surface area contributed by atoms with Crippen LogP contribution in [0.25, 0.3) is 0 Å². The molecule has 1 aromatic rings. The molecule has 0 saturated carbocycles. The van der Waals surface area contributed by atoms with Crippen molar-refractivity contribution >= 4 is 11.6 Å². The van der Waals surface area contributed by atoms with E-state index in [2.05, 4.69) is 30.9 Å². The number of rotatable bonds is 3. The Bertz CT molecular complexity index is 377. The minimum absolute atomic E-state index is 0.367. The average molecular weight is 267 g/mol. The lowest BCUT2D eigenvalue weighted by molar-refractivity contribution is 0.0993. The molecule has 100 valence electrons. The molecule has 2 rings (SSSR count). The van der Waals surface area contributed by atoms with Crippen LogP contribution in [0, 0.1) is 5.92 Å². The zero-order chi connectivity index (χ0) is 13.1. The van der Waals surface area contributed by atoms with E-state index < -0.39 is 0 Å². The molecule has 1 aromatic carbocycles. The first-order valence-corrected chi connectivity index (χ1v) is 7.20. The third-order valence-electron chi connectivity index (χ3n) is 4.36. The van der Waals surface area contributed by atoms with Crippen molar-refractivity contribution in [2.24, 2.45) is 11.7 Å². The highest BCUT2D eigenvalue weighted by atomic mass is 35.5. The Morgan fingerprint density at radius 3 is 2.61 bits per heavy atom. The van der Waals surface area contributed by atoms with Crippen LogP contribution in [-0.4, -0.2) is 30.1 Å². The lowest BCUT2D eigenvalue weighted by atomic mass is 9.87. The molecule has 1 aliphatic heterocycles. The fraction of sp³-hybridized carbons (Fsp3) is 0.600. The fourth-order valence-electron chi connectivity index (χ4n) is 2.71. The Balaban J connectivity index is 1.88. The Morgan fingerprint density at radius 2 is 1.94 bits per heavy atom. The zero-order valence-corrected chi connectivity index (χ0v) is 12.0. The van der Waals surface area contributed by atoms with Crippen molar-refractivity contribution in [1.82, 2.24) is 4.90 Å². The molecule has 1 heterocycles. The minimum Gasteiger partial charge on any atom is -0.327 e. The van der Waals surface area contributed by atoms with Gasteiger partial charge in [0.05, 0.1) is 0 Å². The first kappa shape index (κ1) is 13.9. The minimum atomic E-state index is 0.367. The van der Waals surface area contributed by atoms with Crippen LogP contribution >= 0.6 is 11.6 Å². The highest BCUT2D eigenvalue weighted by molar-refractivity contribution is 6.30. The first-order valence-electron chi connectivity index (χ1n) is 6.82. The van der Waals surface area contributed by atoms with Gasteiger partial charge in [0.15, 0.2) is 0 Å². The smallest absolute Gasteiger partial charge is 0.0406 e. The molecule has 0 aliphatic carbocycles. The predicted molar refractivity (Wildman–Crippen MR) is 77.9 cm³/mol. The SMILES string of the molecule is CC1C(N)CCN(CCc2ccc(Cl)cc2)C1C. The summed E-state index contributed by atoms with van der Waals surface area (Å²) >= 11 is 5.89. The molecule has 1 saturated heterocycles. The fourth-order valence-corrected chi connectivity index (χ4v) is 2.84. The van der Waals surface area contributed by atoms with E-state index in [4.69, 9.17) is 17.3 Å². The van der Waals surface area contributed by atoms with Gasteiger partial charge < -0.3 is 5.73 Å². The number of hydrogen-bond donors (Lipinski definition) is 1. The number of likely N-dealkylation sites (tertiary alicyclic amines) is 1. The van der Waals surface area contributed by atoms with Gasteiger partial charge in [0, 0.05) is 23.7 Å². The molecule has 2 nitrogen and oxygen atoms in total. The maximum atomic E-state index is 6.11. The van der Waals surface area contributed by atoms with Crippen LogP contribution in [0.5, 0.6) is 0 Å². The molecule has 0 aromatic heterocycles. The Morgan fingerprint density at radius 1 is 1.28 bits per heavy atom. The van der Waals surface area contributed by atoms with Crippen LogP contribution in [0.2, 0.25) is 5.02 Å². The second-order valence-electron chi connectivity index (χ2n) is 5.46. The first-order chi connectivity index (χ1) is 8.58. The van der Waals surface area contributed by atoms with Gasteiger partial charge >= 0.3 is 0 Å². The van der Waals surface area contributed by atoms with E-state index in [-0.39, 0.29) is 0 Å². The maximum absolute atomic E-state index is 6.11. The number of hydrogen-bond acceptors (Lipinski definition) is 2. The molecule has 3 heteroatoms. The van der Waals surface area contributed by atoms with Crippen molar-refractivity contribution in [3.05, 3.63) is 34.9 Å². The number of nitrogens with two attached hydrogens (primary N) is 1. The van der Waals surface area contributed by atoms with Gasteiger partial charge in [-0.05, 0) is 49.9 Å². The van der Waals surface area contributed by atoms with E-state index >= 15 is 0 Å². The molecule has 0 amide bonds. The molecule has 3 atom stereocenters. The lowest BCUT2D eigenvalue weighted by Gasteiger charge is -2.41. The summed E-state index contributed by atoms with van der Waals surface area (Å²) in [5, 5.41) is 0.810. The van der Waals surface area contributed by atoms with Crippen LogP contribution in [-0.2, 0) is 6.42 Å². The molecular weight excluding hydrogens is 244 g/mol. The highest BCUT2D eigenvalue weighted by Gasteiger charge is 2.29. The van der Waals surface area contributed by atoms with E-state index in [1.54, 1.807) is 0 Å². The number of nitrogens with zero attached hydrogens (tertiary/aromatic N) is 1. The van der Waals surface area contributed by atoms with Gasteiger partial charge in [0.2, 0.25) is 0 Å². The van der Waals surface area contributed by atoms with Gasteiger partial charge in [-0.2, -0.15) is 0 Å². The van der Waals surface area contributed by atoms with Gasteiger partial charge in [-0.3, -0.25) is 4.90 Å². The number of halogens is 1. The van der Waals surface area contributed by atoms with Crippen LogP contribution < -0.4 is 5.73 Å². The van der Waals surface area contributed by atoms with Crippen LogP contribution in [0.4, 0.5) is 0 Å². The largest absolute Gasteiger partial charge is 0.327 e. The van der Waals surface area contributed by atoms with Gasteiger partial charge in [-0.15, -0.1) is 0 Å². The summed E-state index contributed by atoms with van der Waals surface area (Å²) in [6.07, 6.45) is 2.20. The van der Waals surface area contributed by atoms with E-state index in [9.17, 15) is 0 Å². The van der Waals surface area contributed by atoms with Crippen molar-refractivity contribution in [2.75, 3.05) is 13.1 Å². The molecule has 3 unspecified atom stereocenters. The van der Waals surface area contributed by atoms with Crippen molar-refractivity contribution < 1.29 is 0 Å². The predicted octanol–water partition coefficient (Wildman–Crippen LogP) is 2.94. The second-order valence-corrected chi connectivity index (χ2v) is 5.90. The summed E-state index contributed by atoms with van der Waals surface area (Å²) in [7, 11) is 0. The van der Waals surface area contributed by atoms with Gasteiger partial charge in [-0.25, -0.2) is 0 Å². The molecule has 0 spiro atoms. The van der Waals surface area contributed by atoms with Crippen molar-refractivity contribution in [1.29, 1.82) is 0 Å². The summed E-state index contributed by atoms with van der Waals surface area (Å²) < 4.78 is 0. The van der Waals surface area contributed by atoms with Crippen molar-refractivity contribution in [3.63, 3.8) is 0 Å². The normalized spacial score (nSPS) is 29.4. The monoisotopic (exact) mass is 266 g/mol.